The maximum atomic E-state index is 5.63. The van der Waals surface area contributed by atoms with E-state index in [4.69, 9.17) is 15.6 Å². The van der Waals surface area contributed by atoms with E-state index >= 15 is 0 Å². The zero-order valence-electron chi connectivity index (χ0n) is 11.2. The molecule has 18 heavy (non-hydrogen) atoms. The molecular weight excluding hydrogens is 226 g/mol. The van der Waals surface area contributed by atoms with Crippen molar-refractivity contribution in [3.05, 3.63) is 29.5 Å². The van der Waals surface area contributed by atoms with E-state index in [-0.39, 0.29) is 0 Å². The van der Waals surface area contributed by atoms with Gasteiger partial charge >= 0.3 is 0 Å². The van der Waals surface area contributed by atoms with Crippen LogP contribution in [0, 0.1) is 6.92 Å². The van der Waals surface area contributed by atoms with E-state index in [2.05, 4.69) is 19.3 Å². The van der Waals surface area contributed by atoms with Gasteiger partial charge in [-0.05, 0) is 30.5 Å². The van der Waals surface area contributed by atoms with Gasteiger partial charge in [-0.1, -0.05) is 19.9 Å². The van der Waals surface area contributed by atoms with Gasteiger partial charge < -0.3 is 10.2 Å². The first-order chi connectivity index (χ1) is 8.58. The Morgan fingerprint density at radius 2 is 2.06 bits per heavy atom. The molecule has 3 N–H and O–H groups in total. The summed E-state index contributed by atoms with van der Waals surface area (Å²) in [5.74, 6) is 6.74. The number of anilines is 1. The summed E-state index contributed by atoms with van der Waals surface area (Å²) in [6.45, 7) is 6.26. The number of benzene rings is 1. The molecule has 0 spiro atoms. The molecule has 96 valence electrons. The maximum absolute atomic E-state index is 5.63. The van der Waals surface area contributed by atoms with Crippen molar-refractivity contribution in [1.29, 1.82) is 0 Å². The summed E-state index contributed by atoms with van der Waals surface area (Å²) >= 11 is 0. The topological polar surface area (TPSA) is 60.2 Å². The first-order valence-electron chi connectivity index (χ1n) is 6.03. The fourth-order valence-electron chi connectivity index (χ4n) is 2.08. The number of rotatable bonds is 3. The molecule has 0 fully saturated rings. The molecule has 1 heterocycles. The average molecular weight is 245 g/mol. The maximum Gasteiger partial charge on any atom is 0.145 e. The standard InChI is InChI=1S/C14H19N3O/c1-8(2)10-7-11(17-15)13-9(3)5-6-12(18-4)14(13)16-10/h5-8H,15H2,1-4H3,(H,16,17). The number of methoxy groups -OCH3 is 1. The van der Waals surface area contributed by atoms with Crippen molar-refractivity contribution in [1.82, 2.24) is 4.98 Å². The van der Waals surface area contributed by atoms with Crippen molar-refractivity contribution >= 4 is 16.6 Å². The highest BCUT2D eigenvalue weighted by atomic mass is 16.5. The minimum atomic E-state index is 0.340. The monoisotopic (exact) mass is 245 g/mol. The van der Waals surface area contributed by atoms with Crippen LogP contribution in [0.2, 0.25) is 0 Å². The number of ether oxygens (including phenoxy) is 1. The minimum Gasteiger partial charge on any atom is -0.494 e. The van der Waals surface area contributed by atoms with Gasteiger partial charge in [0.05, 0.1) is 12.8 Å². The molecule has 2 rings (SSSR count). The van der Waals surface area contributed by atoms with E-state index in [0.29, 0.717) is 5.92 Å². The van der Waals surface area contributed by atoms with Crippen LogP contribution in [0.1, 0.15) is 31.0 Å². The Kier molecular flexibility index (Phi) is 3.39. The van der Waals surface area contributed by atoms with E-state index in [0.717, 1.165) is 33.6 Å². The Balaban J connectivity index is 2.86. The Morgan fingerprint density at radius 3 is 2.61 bits per heavy atom. The van der Waals surface area contributed by atoms with E-state index < -0.39 is 0 Å². The summed E-state index contributed by atoms with van der Waals surface area (Å²) in [5, 5.41) is 1.02. The predicted molar refractivity (Wildman–Crippen MR) is 74.9 cm³/mol. The van der Waals surface area contributed by atoms with E-state index in [1.54, 1.807) is 7.11 Å². The zero-order valence-corrected chi connectivity index (χ0v) is 11.2. The molecular formula is C14H19N3O. The minimum absolute atomic E-state index is 0.340. The number of hydrazine groups is 1. The number of hydrogen-bond donors (Lipinski definition) is 2. The molecule has 0 radical (unpaired) electrons. The van der Waals surface area contributed by atoms with Crippen molar-refractivity contribution in [2.24, 2.45) is 5.84 Å². The highest BCUT2D eigenvalue weighted by molar-refractivity contribution is 5.97. The lowest BCUT2D eigenvalue weighted by Crippen LogP contribution is -2.09. The lowest BCUT2D eigenvalue weighted by molar-refractivity contribution is 0.418. The average Bonchev–Trinajstić information content (AvgIpc) is 2.37. The summed E-state index contributed by atoms with van der Waals surface area (Å²) in [7, 11) is 1.66. The highest BCUT2D eigenvalue weighted by Crippen LogP contribution is 2.33. The number of fused-ring (bicyclic) bond motifs is 1. The van der Waals surface area contributed by atoms with Gasteiger partial charge in [-0.3, -0.25) is 5.84 Å². The van der Waals surface area contributed by atoms with Crippen LogP contribution in [0.5, 0.6) is 5.75 Å². The van der Waals surface area contributed by atoms with Gasteiger partial charge in [0, 0.05) is 11.1 Å². The number of aryl methyl sites for hydroxylation is 1. The molecule has 0 amide bonds. The van der Waals surface area contributed by atoms with Crippen LogP contribution < -0.4 is 16.0 Å². The Labute approximate surface area is 107 Å². The van der Waals surface area contributed by atoms with Gasteiger partial charge in [0.2, 0.25) is 0 Å². The summed E-state index contributed by atoms with van der Waals surface area (Å²) in [6.07, 6.45) is 0. The van der Waals surface area contributed by atoms with Gasteiger partial charge in [-0.25, -0.2) is 4.98 Å². The lowest BCUT2D eigenvalue weighted by atomic mass is 10.0. The van der Waals surface area contributed by atoms with Crippen molar-refractivity contribution in [3.8, 4) is 5.75 Å². The molecule has 0 aliphatic carbocycles. The summed E-state index contributed by atoms with van der Waals surface area (Å²) in [6, 6.07) is 5.95. The fourth-order valence-corrected chi connectivity index (χ4v) is 2.08. The van der Waals surface area contributed by atoms with Crippen LogP contribution in [-0.2, 0) is 0 Å². The van der Waals surface area contributed by atoms with Crippen LogP contribution >= 0.6 is 0 Å². The molecule has 1 aromatic carbocycles. The van der Waals surface area contributed by atoms with Gasteiger partial charge in [0.1, 0.15) is 11.3 Å². The quantitative estimate of drug-likeness (QED) is 0.644. The molecule has 0 unspecified atom stereocenters. The first-order valence-corrected chi connectivity index (χ1v) is 6.03. The van der Waals surface area contributed by atoms with Crippen LogP contribution in [0.25, 0.3) is 10.9 Å². The Morgan fingerprint density at radius 1 is 1.33 bits per heavy atom. The van der Waals surface area contributed by atoms with Crippen molar-refractivity contribution in [3.63, 3.8) is 0 Å². The SMILES string of the molecule is COc1ccc(C)c2c(NN)cc(C(C)C)nc12. The molecule has 0 saturated heterocycles. The third-order valence-corrected chi connectivity index (χ3v) is 3.12. The number of pyridine rings is 1. The number of hydrogen-bond acceptors (Lipinski definition) is 4. The summed E-state index contributed by atoms with van der Waals surface area (Å²) < 4.78 is 5.39. The largest absolute Gasteiger partial charge is 0.494 e. The van der Waals surface area contributed by atoms with Crippen LogP contribution in [-0.4, -0.2) is 12.1 Å². The predicted octanol–water partition coefficient (Wildman–Crippen LogP) is 2.96. The molecule has 1 aromatic heterocycles. The molecule has 0 atom stereocenters. The molecule has 0 aliphatic heterocycles. The number of nitrogens with zero attached hydrogens (tertiary/aromatic N) is 1. The molecule has 0 aliphatic rings. The smallest absolute Gasteiger partial charge is 0.145 e. The number of aromatic nitrogens is 1. The van der Waals surface area contributed by atoms with Crippen molar-refractivity contribution in [2.45, 2.75) is 26.7 Å². The number of nitrogen functional groups attached to an aromatic ring is 1. The highest BCUT2D eigenvalue weighted by Gasteiger charge is 2.13. The van der Waals surface area contributed by atoms with Gasteiger partial charge in [0.25, 0.3) is 0 Å². The molecule has 4 nitrogen and oxygen atoms in total. The second-order valence-corrected chi connectivity index (χ2v) is 4.70. The lowest BCUT2D eigenvalue weighted by Gasteiger charge is -2.15. The molecule has 0 bridgehead atoms. The van der Waals surface area contributed by atoms with E-state index in [1.807, 2.05) is 25.1 Å². The second-order valence-electron chi connectivity index (χ2n) is 4.70. The third-order valence-electron chi connectivity index (χ3n) is 3.12. The third kappa shape index (κ3) is 1.99. The fraction of sp³-hybridized carbons (Fsp3) is 0.357. The summed E-state index contributed by atoms with van der Waals surface area (Å²) in [5.41, 5.74) is 6.63. The van der Waals surface area contributed by atoms with Gasteiger partial charge in [0.15, 0.2) is 0 Å². The number of nitrogens with two attached hydrogens (primary N) is 1. The second kappa shape index (κ2) is 4.82. The Hall–Kier alpha value is -1.81. The van der Waals surface area contributed by atoms with Crippen LogP contribution in [0.4, 0.5) is 5.69 Å². The molecule has 2 aromatic rings. The van der Waals surface area contributed by atoms with Crippen LogP contribution in [0.3, 0.4) is 0 Å². The van der Waals surface area contributed by atoms with Crippen LogP contribution in [0.15, 0.2) is 18.2 Å². The first kappa shape index (κ1) is 12.6. The van der Waals surface area contributed by atoms with E-state index in [9.17, 15) is 0 Å². The molecule has 4 heteroatoms. The normalized spacial score (nSPS) is 11.0. The van der Waals surface area contributed by atoms with E-state index in [1.165, 1.54) is 0 Å². The van der Waals surface area contributed by atoms with Crippen molar-refractivity contribution < 1.29 is 4.74 Å². The number of nitrogens with one attached hydrogen (secondary N) is 1. The van der Waals surface area contributed by atoms with Gasteiger partial charge in [-0.2, -0.15) is 0 Å². The van der Waals surface area contributed by atoms with Gasteiger partial charge in [-0.15, -0.1) is 0 Å². The molecule has 0 saturated carbocycles. The summed E-state index contributed by atoms with van der Waals surface area (Å²) in [4.78, 5) is 4.69. The Bertz CT molecular complexity index is 579. The zero-order chi connectivity index (χ0) is 13.3. The van der Waals surface area contributed by atoms with Crippen molar-refractivity contribution in [2.75, 3.05) is 12.5 Å².